The number of fused-ring (bicyclic) bond motifs is 1. The van der Waals surface area contributed by atoms with Gasteiger partial charge >= 0.3 is 0 Å². The molecule has 1 amide bonds. The minimum Gasteiger partial charge on any atom is -0.453 e. The molecule has 3 aromatic rings. The molecule has 0 aliphatic rings. The molecule has 0 aliphatic heterocycles. The second-order valence-corrected chi connectivity index (χ2v) is 8.13. The average molecular weight is 476 g/mol. The molecular weight excluding hydrogens is 449 g/mol. The van der Waals surface area contributed by atoms with Gasteiger partial charge in [0, 0.05) is 17.2 Å². The van der Waals surface area contributed by atoms with E-state index < -0.39 is 57.0 Å². The highest BCUT2D eigenvalue weighted by atomic mass is 19.1. The zero-order valence-corrected chi connectivity index (χ0v) is 18.7. The zero-order chi connectivity index (χ0) is 25.0. The van der Waals surface area contributed by atoms with Crippen molar-refractivity contribution < 1.29 is 22.4 Å². The first-order valence-electron chi connectivity index (χ1n) is 10.9. The van der Waals surface area contributed by atoms with Crippen LogP contribution < -0.4 is 27.9 Å². The number of carbonyl (C=O) groups is 1. The van der Waals surface area contributed by atoms with Gasteiger partial charge in [-0.15, -0.1) is 0 Å². The maximum atomic E-state index is 14.7. The third-order valence-electron chi connectivity index (χ3n) is 5.63. The van der Waals surface area contributed by atoms with Crippen LogP contribution in [0.5, 0.6) is 0 Å². The molecule has 3 rings (SSSR count). The molecule has 0 saturated heterocycles. The SMILES string of the molecule is Cc1c(F)c(N)c2c(=O)cc(-c3ccc(NC(=O)[C@@H](N)CCCCCCN)c(F)c3)oc2c1F. The van der Waals surface area contributed by atoms with Crippen molar-refractivity contribution in [2.45, 2.75) is 45.1 Å². The summed E-state index contributed by atoms with van der Waals surface area (Å²) >= 11 is 0. The predicted molar refractivity (Wildman–Crippen MR) is 126 cm³/mol. The monoisotopic (exact) mass is 476 g/mol. The summed E-state index contributed by atoms with van der Waals surface area (Å²) < 4.78 is 48.8. The third kappa shape index (κ3) is 5.23. The largest absolute Gasteiger partial charge is 0.453 e. The van der Waals surface area contributed by atoms with Gasteiger partial charge in [0.25, 0.3) is 0 Å². The van der Waals surface area contributed by atoms with Gasteiger partial charge in [-0.2, -0.15) is 0 Å². The number of carbonyl (C=O) groups excluding carboxylic acids is 1. The first-order valence-corrected chi connectivity index (χ1v) is 10.9. The molecule has 7 N–H and O–H groups in total. The van der Waals surface area contributed by atoms with Gasteiger partial charge in [-0.1, -0.05) is 19.3 Å². The van der Waals surface area contributed by atoms with Crippen molar-refractivity contribution in [3.05, 3.63) is 57.5 Å². The molecule has 2 aromatic carbocycles. The van der Waals surface area contributed by atoms with E-state index in [1.807, 2.05) is 0 Å². The summed E-state index contributed by atoms with van der Waals surface area (Å²) in [7, 11) is 0. The highest BCUT2D eigenvalue weighted by Crippen LogP contribution is 2.32. The maximum absolute atomic E-state index is 14.7. The summed E-state index contributed by atoms with van der Waals surface area (Å²) in [6, 6.07) is 3.86. The molecule has 1 heterocycles. The number of rotatable bonds is 9. The molecule has 0 unspecified atom stereocenters. The van der Waals surface area contributed by atoms with Crippen LogP contribution in [0.15, 0.2) is 33.5 Å². The number of anilines is 2. The zero-order valence-electron chi connectivity index (χ0n) is 18.7. The molecular formula is C24H27F3N4O3. The lowest BCUT2D eigenvalue weighted by atomic mass is 10.1. The highest BCUT2D eigenvalue weighted by Gasteiger charge is 2.21. The molecule has 0 spiro atoms. The van der Waals surface area contributed by atoms with Crippen LogP contribution in [0.4, 0.5) is 24.5 Å². The van der Waals surface area contributed by atoms with Crippen LogP contribution in [0.25, 0.3) is 22.3 Å². The number of unbranched alkanes of at least 4 members (excludes halogenated alkanes) is 3. The average Bonchev–Trinajstić information content (AvgIpc) is 2.81. The van der Waals surface area contributed by atoms with Gasteiger partial charge < -0.3 is 26.9 Å². The number of nitrogen functional groups attached to an aromatic ring is 1. The number of halogens is 3. The van der Waals surface area contributed by atoms with E-state index in [4.69, 9.17) is 21.6 Å². The summed E-state index contributed by atoms with van der Waals surface area (Å²) in [5.74, 6) is -3.59. The van der Waals surface area contributed by atoms with E-state index in [-0.39, 0.29) is 17.0 Å². The summed E-state index contributed by atoms with van der Waals surface area (Å²) in [6.07, 6.45) is 3.97. The summed E-state index contributed by atoms with van der Waals surface area (Å²) in [6.45, 7) is 1.78. The standard InChI is InChI=1S/C24H27F3N4O3/c1-12-20(26)22(30)19-17(32)11-18(34-23(19)21(12)27)13-7-8-16(14(25)10-13)31-24(33)15(29)6-4-2-3-5-9-28/h7-8,10-11,15H,2-6,9,28-30H2,1H3,(H,31,33)/t15-/m0/s1. The number of hydrogen-bond donors (Lipinski definition) is 4. The van der Waals surface area contributed by atoms with E-state index in [0.717, 1.165) is 44.7 Å². The second-order valence-electron chi connectivity index (χ2n) is 8.13. The van der Waals surface area contributed by atoms with Crippen LogP contribution in [0, 0.1) is 24.4 Å². The lowest BCUT2D eigenvalue weighted by Gasteiger charge is -2.13. The van der Waals surface area contributed by atoms with E-state index in [0.29, 0.717) is 13.0 Å². The van der Waals surface area contributed by atoms with Gasteiger partial charge in [-0.3, -0.25) is 9.59 Å². The Bertz CT molecular complexity index is 1280. The van der Waals surface area contributed by atoms with Crippen LogP contribution in [0.3, 0.4) is 0 Å². The molecule has 10 heteroatoms. The molecule has 0 radical (unpaired) electrons. The topological polar surface area (TPSA) is 137 Å². The van der Waals surface area contributed by atoms with E-state index in [9.17, 15) is 22.8 Å². The van der Waals surface area contributed by atoms with Crippen molar-refractivity contribution in [1.82, 2.24) is 0 Å². The Labute approximate surface area is 194 Å². The fourth-order valence-corrected chi connectivity index (χ4v) is 3.61. The van der Waals surface area contributed by atoms with Gasteiger partial charge in [-0.25, -0.2) is 13.2 Å². The lowest BCUT2D eigenvalue weighted by molar-refractivity contribution is -0.117. The molecule has 1 atom stereocenters. The number of benzene rings is 2. The third-order valence-corrected chi connectivity index (χ3v) is 5.63. The molecule has 0 bridgehead atoms. The van der Waals surface area contributed by atoms with Crippen LogP contribution in [0.2, 0.25) is 0 Å². The van der Waals surface area contributed by atoms with Crippen molar-refractivity contribution in [3.63, 3.8) is 0 Å². The Morgan fingerprint density at radius 2 is 1.79 bits per heavy atom. The van der Waals surface area contributed by atoms with Crippen molar-refractivity contribution in [2.24, 2.45) is 11.5 Å². The van der Waals surface area contributed by atoms with Gasteiger partial charge in [0.2, 0.25) is 5.91 Å². The Balaban J connectivity index is 1.81. The lowest BCUT2D eigenvalue weighted by Crippen LogP contribution is -2.35. The maximum Gasteiger partial charge on any atom is 0.241 e. The number of nitrogens with two attached hydrogens (primary N) is 3. The van der Waals surface area contributed by atoms with Crippen LogP contribution in [-0.2, 0) is 4.79 Å². The molecule has 182 valence electrons. The first kappa shape index (κ1) is 25.3. The van der Waals surface area contributed by atoms with E-state index >= 15 is 0 Å². The number of hydrogen-bond acceptors (Lipinski definition) is 6. The fraction of sp³-hybridized carbons (Fsp3) is 0.333. The predicted octanol–water partition coefficient (Wildman–Crippen LogP) is 3.94. The highest BCUT2D eigenvalue weighted by molar-refractivity contribution is 5.95. The van der Waals surface area contributed by atoms with Crippen molar-refractivity contribution in [3.8, 4) is 11.3 Å². The van der Waals surface area contributed by atoms with E-state index in [1.165, 1.54) is 12.1 Å². The normalized spacial score (nSPS) is 12.2. The Hall–Kier alpha value is -3.37. The molecule has 0 fully saturated rings. The van der Waals surface area contributed by atoms with Crippen molar-refractivity contribution in [1.29, 1.82) is 0 Å². The first-order chi connectivity index (χ1) is 16.1. The van der Waals surface area contributed by atoms with Gasteiger partial charge in [0.05, 0.1) is 22.8 Å². The summed E-state index contributed by atoms with van der Waals surface area (Å²) in [5, 5.41) is 2.02. The molecule has 1 aromatic heterocycles. The Morgan fingerprint density at radius 3 is 2.47 bits per heavy atom. The second kappa shape index (κ2) is 10.7. The van der Waals surface area contributed by atoms with E-state index in [2.05, 4.69) is 5.32 Å². The van der Waals surface area contributed by atoms with Gasteiger partial charge in [-0.05, 0) is 44.5 Å². The minimum absolute atomic E-state index is 0.108. The Morgan fingerprint density at radius 1 is 1.09 bits per heavy atom. The smallest absolute Gasteiger partial charge is 0.241 e. The molecule has 0 aliphatic carbocycles. The number of amides is 1. The summed E-state index contributed by atoms with van der Waals surface area (Å²) in [5.41, 5.74) is 14.7. The minimum atomic E-state index is -1.07. The van der Waals surface area contributed by atoms with Gasteiger partial charge in [0.1, 0.15) is 11.6 Å². The molecule has 0 saturated carbocycles. The van der Waals surface area contributed by atoms with Crippen molar-refractivity contribution in [2.75, 3.05) is 17.6 Å². The molecule has 34 heavy (non-hydrogen) atoms. The van der Waals surface area contributed by atoms with Crippen LogP contribution >= 0.6 is 0 Å². The van der Waals surface area contributed by atoms with E-state index in [1.54, 1.807) is 0 Å². The molecule has 7 nitrogen and oxygen atoms in total. The Kier molecular flexibility index (Phi) is 7.95. The van der Waals surface area contributed by atoms with Crippen LogP contribution in [0.1, 0.15) is 37.7 Å². The van der Waals surface area contributed by atoms with Crippen molar-refractivity contribution >= 4 is 28.3 Å². The van der Waals surface area contributed by atoms with Crippen LogP contribution in [-0.4, -0.2) is 18.5 Å². The number of nitrogens with one attached hydrogen (secondary N) is 1. The quantitative estimate of drug-likeness (QED) is 0.273. The van der Waals surface area contributed by atoms with Gasteiger partial charge in [0.15, 0.2) is 22.6 Å². The fourth-order valence-electron chi connectivity index (χ4n) is 3.61. The summed E-state index contributed by atoms with van der Waals surface area (Å²) in [4.78, 5) is 24.8.